The molecule has 0 unspecified atom stereocenters. The average Bonchev–Trinajstić information content (AvgIpc) is 3.16. The minimum atomic E-state index is -4.56. The lowest BCUT2D eigenvalue weighted by molar-refractivity contribution is -0.153. The number of halogens is 3. The maximum atomic E-state index is 12.7. The number of phenolic OH excluding ortho intramolecular Hbond substituents is 1. The van der Waals surface area contributed by atoms with Gasteiger partial charge in [-0.05, 0) is 30.0 Å². The van der Waals surface area contributed by atoms with E-state index in [9.17, 15) is 23.1 Å². The third-order valence-electron chi connectivity index (χ3n) is 3.96. The second-order valence-electron chi connectivity index (χ2n) is 5.81. The largest absolute Gasteiger partial charge is 0.507 e. The maximum absolute atomic E-state index is 12.7. The van der Waals surface area contributed by atoms with E-state index in [0.29, 0.717) is 21.4 Å². The summed E-state index contributed by atoms with van der Waals surface area (Å²) in [5.41, 5.74) is 0.894. The summed E-state index contributed by atoms with van der Waals surface area (Å²) in [4.78, 5) is 11.5. The van der Waals surface area contributed by atoms with Gasteiger partial charge in [0.2, 0.25) is 5.76 Å². The summed E-state index contributed by atoms with van der Waals surface area (Å²) in [7, 11) is 1.28. The van der Waals surface area contributed by atoms with Crippen LogP contribution in [-0.2, 0) is 28.7 Å². The Bertz CT molecular complexity index is 987. The molecule has 0 aliphatic heterocycles. The standard InChI is InChI=1S/C18H15F3O5S/c1-9-10(3-15(26-9)18(19,20)21)7-25-12-5-13(22)17-11(4-16(23)24-2)8-27-14(17)6-12/h3,5-6,8,22H,4,7H2,1-2H3. The molecule has 2 heterocycles. The van der Waals surface area contributed by atoms with Crippen molar-refractivity contribution in [2.24, 2.45) is 0 Å². The quantitative estimate of drug-likeness (QED) is 0.622. The number of carbonyl (C=O) groups is 1. The van der Waals surface area contributed by atoms with Crippen LogP contribution in [0, 0.1) is 6.92 Å². The molecule has 0 aliphatic rings. The lowest BCUT2D eigenvalue weighted by Gasteiger charge is -2.07. The van der Waals surface area contributed by atoms with Gasteiger partial charge >= 0.3 is 12.1 Å². The van der Waals surface area contributed by atoms with Crippen molar-refractivity contribution in [3.8, 4) is 11.5 Å². The number of fused-ring (bicyclic) bond motifs is 1. The van der Waals surface area contributed by atoms with Crippen LogP contribution in [0.25, 0.3) is 10.1 Å². The number of hydrogen-bond donors (Lipinski definition) is 1. The third-order valence-corrected chi connectivity index (χ3v) is 4.94. The molecule has 1 N–H and O–H groups in total. The Morgan fingerprint density at radius 3 is 2.63 bits per heavy atom. The first kappa shape index (κ1) is 19.1. The number of carbonyl (C=O) groups excluding carboxylic acids is 1. The van der Waals surface area contributed by atoms with Gasteiger partial charge in [0.15, 0.2) is 0 Å². The highest BCUT2D eigenvalue weighted by Crippen LogP contribution is 2.38. The van der Waals surface area contributed by atoms with Gasteiger partial charge in [0, 0.05) is 21.7 Å². The summed E-state index contributed by atoms with van der Waals surface area (Å²) < 4.78 is 53.6. The van der Waals surface area contributed by atoms with E-state index in [4.69, 9.17) is 9.15 Å². The molecule has 0 radical (unpaired) electrons. The Morgan fingerprint density at radius 1 is 1.26 bits per heavy atom. The number of furan rings is 1. The highest BCUT2D eigenvalue weighted by atomic mass is 32.1. The highest BCUT2D eigenvalue weighted by molar-refractivity contribution is 7.17. The summed E-state index contributed by atoms with van der Waals surface area (Å²) in [5, 5.41) is 12.5. The average molecular weight is 400 g/mol. The molecule has 0 spiro atoms. The fourth-order valence-electron chi connectivity index (χ4n) is 2.59. The van der Waals surface area contributed by atoms with Crippen molar-refractivity contribution < 1.29 is 37.0 Å². The molecule has 144 valence electrons. The molecule has 0 amide bonds. The van der Waals surface area contributed by atoms with Crippen molar-refractivity contribution in [2.45, 2.75) is 26.1 Å². The Morgan fingerprint density at radius 2 is 2.00 bits per heavy atom. The second-order valence-corrected chi connectivity index (χ2v) is 6.72. The van der Waals surface area contributed by atoms with Crippen LogP contribution in [0.3, 0.4) is 0 Å². The summed E-state index contributed by atoms with van der Waals surface area (Å²) >= 11 is 1.31. The van der Waals surface area contributed by atoms with E-state index in [2.05, 4.69) is 4.74 Å². The van der Waals surface area contributed by atoms with Crippen molar-refractivity contribution in [3.63, 3.8) is 0 Å². The lowest BCUT2D eigenvalue weighted by atomic mass is 10.1. The fraction of sp³-hybridized carbons (Fsp3) is 0.278. The van der Waals surface area contributed by atoms with Gasteiger partial charge in [0.05, 0.1) is 13.5 Å². The summed E-state index contributed by atoms with van der Waals surface area (Å²) in [6, 6.07) is 3.91. The minimum absolute atomic E-state index is 0.0265. The summed E-state index contributed by atoms with van der Waals surface area (Å²) in [6.45, 7) is 1.28. The predicted molar refractivity (Wildman–Crippen MR) is 92.0 cm³/mol. The molecule has 0 fully saturated rings. The van der Waals surface area contributed by atoms with E-state index < -0.39 is 17.9 Å². The number of aromatic hydroxyl groups is 1. The van der Waals surface area contributed by atoms with Crippen molar-refractivity contribution >= 4 is 27.4 Å². The van der Waals surface area contributed by atoms with E-state index in [1.54, 1.807) is 11.4 Å². The molecule has 3 rings (SSSR count). The number of phenols is 1. The van der Waals surface area contributed by atoms with Gasteiger partial charge in [-0.2, -0.15) is 13.2 Å². The van der Waals surface area contributed by atoms with Crippen LogP contribution in [0.1, 0.15) is 22.6 Å². The van der Waals surface area contributed by atoms with Gasteiger partial charge < -0.3 is 19.0 Å². The van der Waals surface area contributed by atoms with E-state index in [1.165, 1.54) is 31.4 Å². The van der Waals surface area contributed by atoms with E-state index in [1.807, 2.05) is 0 Å². The molecule has 27 heavy (non-hydrogen) atoms. The molecule has 0 saturated heterocycles. The molecular weight excluding hydrogens is 385 g/mol. The molecule has 5 nitrogen and oxygen atoms in total. The van der Waals surface area contributed by atoms with Crippen LogP contribution in [0.2, 0.25) is 0 Å². The number of ether oxygens (including phenoxy) is 2. The van der Waals surface area contributed by atoms with E-state index >= 15 is 0 Å². The molecule has 1 aromatic carbocycles. The predicted octanol–water partition coefficient (Wildman–Crippen LogP) is 4.82. The number of alkyl halides is 3. The zero-order chi connectivity index (χ0) is 19.8. The number of esters is 1. The van der Waals surface area contributed by atoms with Gasteiger partial charge in [-0.3, -0.25) is 4.79 Å². The number of thiophene rings is 1. The van der Waals surface area contributed by atoms with Crippen LogP contribution in [0.4, 0.5) is 13.2 Å². The third kappa shape index (κ3) is 4.02. The molecule has 3 aromatic rings. The molecule has 0 saturated carbocycles. The fourth-order valence-corrected chi connectivity index (χ4v) is 3.60. The van der Waals surface area contributed by atoms with E-state index in [-0.39, 0.29) is 30.1 Å². The highest BCUT2D eigenvalue weighted by Gasteiger charge is 2.35. The SMILES string of the molecule is COC(=O)Cc1csc2cc(OCc3cc(C(F)(F)F)oc3C)cc(O)c12. The number of methoxy groups -OCH3 is 1. The first-order valence-corrected chi connectivity index (χ1v) is 8.66. The Labute approximate surface area is 155 Å². The Kier molecular flexibility index (Phi) is 5.05. The zero-order valence-corrected chi connectivity index (χ0v) is 15.2. The van der Waals surface area contributed by atoms with Crippen LogP contribution in [0.15, 0.2) is 28.0 Å². The second kappa shape index (κ2) is 7.15. The van der Waals surface area contributed by atoms with Crippen molar-refractivity contribution in [2.75, 3.05) is 7.11 Å². The van der Waals surface area contributed by atoms with Crippen molar-refractivity contribution in [1.82, 2.24) is 0 Å². The maximum Gasteiger partial charge on any atom is 0.449 e. The van der Waals surface area contributed by atoms with Crippen LogP contribution in [-0.4, -0.2) is 18.2 Å². The molecule has 9 heteroatoms. The number of aryl methyl sites for hydroxylation is 1. The minimum Gasteiger partial charge on any atom is -0.507 e. The zero-order valence-electron chi connectivity index (χ0n) is 14.3. The molecule has 0 bridgehead atoms. The topological polar surface area (TPSA) is 68.9 Å². The van der Waals surface area contributed by atoms with Crippen LogP contribution in [0.5, 0.6) is 11.5 Å². The molecule has 0 aliphatic carbocycles. The van der Waals surface area contributed by atoms with Crippen molar-refractivity contribution in [1.29, 1.82) is 0 Å². The van der Waals surface area contributed by atoms with Gasteiger partial charge in [-0.1, -0.05) is 0 Å². The van der Waals surface area contributed by atoms with Crippen LogP contribution < -0.4 is 4.74 Å². The Hall–Kier alpha value is -2.68. The number of benzene rings is 1. The van der Waals surface area contributed by atoms with Crippen molar-refractivity contribution in [3.05, 3.63) is 46.2 Å². The first-order chi connectivity index (χ1) is 12.7. The Balaban J connectivity index is 1.81. The number of rotatable bonds is 5. The molecule has 0 atom stereocenters. The summed E-state index contributed by atoms with van der Waals surface area (Å²) in [6.07, 6.45) is -4.54. The summed E-state index contributed by atoms with van der Waals surface area (Å²) in [5.74, 6) is -1.18. The van der Waals surface area contributed by atoms with Gasteiger partial charge in [-0.25, -0.2) is 0 Å². The normalized spacial score (nSPS) is 11.7. The monoisotopic (exact) mass is 400 g/mol. The van der Waals surface area contributed by atoms with Gasteiger partial charge in [0.25, 0.3) is 0 Å². The van der Waals surface area contributed by atoms with Crippen LogP contribution >= 0.6 is 11.3 Å². The van der Waals surface area contributed by atoms with E-state index in [0.717, 1.165) is 6.07 Å². The lowest BCUT2D eigenvalue weighted by Crippen LogP contribution is -2.03. The van der Waals surface area contributed by atoms with Gasteiger partial charge in [-0.15, -0.1) is 11.3 Å². The molecule has 2 aromatic heterocycles. The smallest absolute Gasteiger partial charge is 0.449 e. The first-order valence-electron chi connectivity index (χ1n) is 7.78. The number of hydrogen-bond acceptors (Lipinski definition) is 6. The molecular formula is C18H15F3O5S. The van der Waals surface area contributed by atoms with Gasteiger partial charge in [0.1, 0.15) is 23.9 Å².